The Balaban J connectivity index is 1.41. The summed E-state index contributed by atoms with van der Waals surface area (Å²) < 4.78 is 25.1. The minimum absolute atomic E-state index is 0.146. The number of hydrogen-bond donors (Lipinski definition) is 0. The number of carbonyl (C=O) groups excluding carboxylic acids is 1. The first kappa shape index (κ1) is 25.5. The van der Waals surface area contributed by atoms with Crippen molar-refractivity contribution in [3.63, 3.8) is 0 Å². The Morgan fingerprint density at radius 2 is 1.77 bits per heavy atom. The highest BCUT2D eigenvalue weighted by atomic mass is 19.1. The molecular formula is C28H38FN3O3. The van der Waals surface area contributed by atoms with Crippen LogP contribution in [0.1, 0.15) is 31.7 Å². The summed E-state index contributed by atoms with van der Waals surface area (Å²) in [5.41, 5.74) is 1.90. The molecule has 2 aromatic rings. The molecular weight excluding hydrogens is 445 g/mol. The Morgan fingerprint density at radius 1 is 1.03 bits per heavy atom. The van der Waals surface area contributed by atoms with Crippen LogP contribution in [-0.2, 0) is 16.1 Å². The third-order valence-corrected chi connectivity index (χ3v) is 7.37. The molecule has 0 bridgehead atoms. The maximum Gasteiger partial charge on any atom is 0.305 e. The monoisotopic (exact) mass is 483 g/mol. The third kappa shape index (κ3) is 6.53. The van der Waals surface area contributed by atoms with Gasteiger partial charge in [-0.05, 0) is 50.4 Å². The van der Waals surface area contributed by atoms with Gasteiger partial charge in [0, 0.05) is 57.3 Å². The largest absolute Gasteiger partial charge is 0.494 e. The molecule has 4 rings (SSSR count). The Kier molecular flexibility index (Phi) is 8.99. The van der Waals surface area contributed by atoms with Gasteiger partial charge >= 0.3 is 5.97 Å². The van der Waals surface area contributed by atoms with Crippen LogP contribution in [0, 0.1) is 11.7 Å². The molecule has 0 aliphatic carbocycles. The normalized spacial score (nSPS) is 21.6. The van der Waals surface area contributed by atoms with Gasteiger partial charge in [0.15, 0.2) is 0 Å². The molecule has 2 saturated heterocycles. The van der Waals surface area contributed by atoms with E-state index in [9.17, 15) is 9.18 Å². The quantitative estimate of drug-likeness (QED) is 0.499. The van der Waals surface area contributed by atoms with E-state index in [2.05, 4.69) is 26.8 Å². The summed E-state index contributed by atoms with van der Waals surface area (Å²) in [6.45, 7) is 8.89. The van der Waals surface area contributed by atoms with Gasteiger partial charge < -0.3 is 14.4 Å². The number of esters is 1. The average molecular weight is 484 g/mol. The number of ether oxygens (including phenoxy) is 2. The maximum atomic E-state index is 14.3. The molecule has 6 nitrogen and oxygen atoms in total. The van der Waals surface area contributed by atoms with Crippen molar-refractivity contribution in [2.24, 2.45) is 5.92 Å². The minimum atomic E-state index is -0.155. The zero-order valence-corrected chi connectivity index (χ0v) is 21.0. The molecule has 2 aromatic carbocycles. The lowest BCUT2D eigenvalue weighted by Gasteiger charge is -2.47. The van der Waals surface area contributed by atoms with Gasteiger partial charge in [-0.25, -0.2) is 4.39 Å². The van der Waals surface area contributed by atoms with Crippen molar-refractivity contribution in [3.8, 4) is 5.75 Å². The molecule has 0 saturated carbocycles. The van der Waals surface area contributed by atoms with Crippen LogP contribution in [0.25, 0.3) is 0 Å². The van der Waals surface area contributed by atoms with E-state index in [0.717, 1.165) is 64.4 Å². The summed E-state index contributed by atoms with van der Waals surface area (Å²) in [5, 5.41) is 0. The van der Waals surface area contributed by atoms with Crippen LogP contribution in [0.5, 0.6) is 5.75 Å². The van der Waals surface area contributed by atoms with Crippen LogP contribution in [-0.4, -0.2) is 74.8 Å². The zero-order valence-electron chi connectivity index (χ0n) is 21.0. The highest BCUT2D eigenvalue weighted by Crippen LogP contribution is 2.30. The minimum Gasteiger partial charge on any atom is -0.494 e. The fraction of sp³-hybridized carbons (Fsp3) is 0.536. The molecule has 35 heavy (non-hydrogen) atoms. The van der Waals surface area contributed by atoms with E-state index < -0.39 is 0 Å². The number of rotatable bonds is 9. The Hall–Kier alpha value is -2.64. The predicted octanol–water partition coefficient (Wildman–Crippen LogP) is 4.19. The van der Waals surface area contributed by atoms with E-state index in [0.29, 0.717) is 30.7 Å². The number of carbonyl (C=O) groups is 1. The van der Waals surface area contributed by atoms with Gasteiger partial charge in [-0.3, -0.25) is 14.6 Å². The van der Waals surface area contributed by atoms with Gasteiger partial charge in [0.2, 0.25) is 0 Å². The van der Waals surface area contributed by atoms with Crippen LogP contribution in [0.15, 0.2) is 48.5 Å². The SMILES string of the molecule is CCOc1ccccc1CN1CC[C@H](N2CCN(c3ccccc3F)CC2)[C@H](CCC(=O)OC)C1. The third-order valence-electron chi connectivity index (χ3n) is 7.37. The molecule has 2 atom stereocenters. The van der Waals surface area contributed by atoms with Crippen LogP contribution in [0.2, 0.25) is 0 Å². The summed E-state index contributed by atoms with van der Waals surface area (Å²) in [6.07, 6.45) is 2.31. The van der Waals surface area contributed by atoms with E-state index in [-0.39, 0.29) is 11.8 Å². The van der Waals surface area contributed by atoms with Crippen LogP contribution in [0.3, 0.4) is 0 Å². The molecule has 7 heteroatoms. The molecule has 0 unspecified atom stereocenters. The number of likely N-dealkylation sites (tertiary alicyclic amines) is 1. The van der Waals surface area contributed by atoms with Gasteiger partial charge in [0.05, 0.1) is 19.4 Å². The lowest BCUT2D eigenvalue weighted by molar-refractivity contribution is -0.141. The van der Waals surface area contributed by atoms with E-state index in [1.807, 2.05) is 31.2 Å². The summed E-state index contributed by atoms with van der Waals surface area (Å²) in [7, 11) is 1.46. The number of halogens is 1. The second-order valence-electron chi connectivity index (χ2n) is 9.48. The van der Waals surface area contributed by atoms with Crippen molar-refractivity contribution in [2.45, 2.75) is 38.8 Å². The second-order valence-corrected chi connectivity index (χ2v) is 9.48. The van der Waals surface area contributed by atoms with Crippen LogP contribution >= 0.6 is 0 Å². The molecule has 0 radical (unpaired) electrons. The Morgan fingerprint density at radius 3 is 2.51 bits per heavy atom. The number of piperidine rings is 1. The molecule has 2 aliphatic rings. The molecule has 0 aromatic heterocycles. The van der Waals surface area contributed by atoms with Gasteiger partial charge in [-0.1, -0.05) is 30.3 Å². The number of para-hydroxylation sites is 2. The van der Waals surface area contributed by atoms with E-state index in [4.69, 9.17) is 9.47 Å². The van der Waals surface area contributed by atoms with Gasteiger partial charge in [0.1, 0.15) is 11.6 Å². The molecule has 0 spiro atoms. The molecule has 2 heterocycles. The first-order valence-corrected chi connectivity index (χ1v) is 12.8. The van der Waals surface area contributed by atoms with E-state index in [1.54, 1.807) is 6.07 Å². The van der Waals surface area contributed by atoms with Crippen molar-refractivity contribution in [3.05, 3.63) is 59.9 Å². The number of methoxy groups -OCH3 is 1. The second kappa shape index (κ2) is 12.4. The van der Waals surface area contributed by atoms with Gasteiger partial charge in [-0.2, -0.15) is 0 Å². The van der Waals surface area contributed by atoms with Crippen molar-refractivity contribution in [2.75, 3.05) is 57.9 Å². The smallest absolute Gasteiger partial charge is 0.305 e. The average Bonchev–Trinajstić information content (AvgIpc) is 2.89. The van der Waals surface area contributed by atoms with Gasteiger partial charge in [0.25, 0.3) is 0 Å². The number of hydrogen-bond acceptors (Lipinski definition) is 6. The molecule has 190 valence electrons. The molecule has 2 aliphatic heterocycles. The summed E-state index contributed by atoms with van der Waals surface area (Å²) in [6, 6.07) is 15.7. The van der Waals surface area contributed by atoms with Crippen molar-refractivity contribution in [1.29, 1.82) is 0 Å². The zero-order chi connectivity index (χ0) is 24.6. The Bertz CT molecular complexity index is 964. The molecule has 0 N–H and O–H groups in total. The number of piperazine rings is 1. The summed E-state index contributed by atoms with van der Waals surface area (Å²) in [5.74, 6) is 1.03. The topological polar surface area (TPSA) is 45.2 Å². The summed E-state index contributed by atoms with van der Waals surface area (Å²) in [4.78, 5) is 19.2. The molecule has 2 fully saturated rings. The Labute approximate surface area is 208 Å². The van der Waals surface area contributed by atoms with E-state index in [1.165, 1.54) is 18.7 Å². The molecule has 0 amide bonds. The fourth-order valence-corrected chi connectivity index (χ4v) is 5.58. The lowest BCUT2D eigenvalue weighted by atomic mass is 9.86. The number of anilines is 1. The van der Waals surface area contributed by atoms with Crippen molar-refractivity contribution in [1.82, 2.24) is 9.80 Å². The number of nitrogens with zero attached hydrogens (tertiary/aromatic N) is 3. The summed E-state index contributed by atoms with van der Waals surface area (Å²) >= 11 is 0. The van der Waals surface area contributed by atoms with Crippen LogP contribution < -0.4 is 9.64 Å². The lowest BCUT2D eigenvalue weighted by Crippen LogP contribution is -2.56. The highest BCUT2D eigenvalue weighted by Gasteiger charge is 2.35. The predicted molar refractivity (Wildman–Crippen MR) is 136 cm³/mol. The first-order valence-electron chi connectivity index (χ1n) is 12.8. The fourth-order valence-electron chi connectivity index (χ4n) is 5.58. The number of benzene rings is 2. The van der Waals surface area contributed by atoms with Crippen molar-refractivity contribution >= 4 is 11.7 Å². The standard InChI is InChI=1S/C28H38FN3O3/c1-3-35-27-11-7-4-8-23(27)21-30-15-14-25(22(20-30)12-13-28(33)34-2)31-16-18-32(19-17-31)26-10-6-5-9-24(26)29/h4-11,22,25H,3,12-21H2,1-2H3/t22-,25+/m1/s1. The van der Waals surface area contributed by atoms with Gasteiger partial charge in [-0.15, -0.1) is 0 Å². The maximum absolute atomic E-state index is 14.3. The van der Waals surface area contributed by atoms with Crippen LogP contribution in [0.4, 0.5) is 10.1 Å². The van der Waals surface area contributed by atoms with Crippen molar-refractivity contribution < 1.29 is 18.7 Å². The van der Waals surface area contributed by atoms with E-state index >= 15 is 0 Å². The highest BCUT2D eigenvalue weighted by molar-refractivity contribution is 5.69. The first-order chi connectivity index (χ1) is 17.1.